The van der Waals surface area contributed by atoms with E-state index in [-0.39, 0.29) is 5.56 Å². The first-order chi connectivity index (χ1) is 9.38. The number of carbonyl (C=O) groups is 1. The van der Waals surface area contributed by atoms with E-state index in [0.29, 0.717) is 12.1 Å². The molecule has 20 heavy (non-hydrogen) atoms. The molecule has 0 aliphatic carbocycles. The van der Waals surface area contributed by atoms with Crippen LogP contribution in [0.15, 0.2) is 34.8 Å². The summed E-state index contributed by atoms with van der Waals surface area (Å²) in [5.74, 6) is -4.19. The van der Waals surface area contributed by atoms with E-state index in [4.69, 9.17) is 0 Å². The molecule has 0 saturated heterocycles. The van der Waals surface area contributed by atoms with Gasteiger partial charge in [0.05, 0.1) is 5.69 Å². The molecule has 0 aliphatic rings. The van der Waals surface area contributed by atoms with Crippen molar-refractivity contribution in [1.29, 1.82) is 0 Å². The molecule has 2 rings (SSSR count). The molecular formula is C14H9BrF3NO. The Balaban J connectivity index is 2.27. The van der Waals surface area contributed by atoms with Crippen LogP contribution in [0.4, 0.5) is 18.9 Å². The molecule has 2 aromatic carbocycles. The fourth-order valence-electron chi connectivity index (χ4n) is 1.55. The lowest BCUT2D eigenvalue weighted by molar-refractivity contribution is 0.102. The van der Waals surface area contributed by atoms with Crippen LogP contribution in [-0.2, 0) is 0 Å². The first kappa shape index (κ1) is 14.6. The average molecular weight is 344 g/mol. The predicted molar refractivity (Wildman–Crippen MR) is 73.1 cm³/mol. The standard InChI is InChI=1S/C14H9BrF3NO/c1-7-2-3-8(4-9(7)15)14(20)19-13-6-11(17)10(16)5-12(13)18/h2-6H,1H3,(H,19,20). The van der Waals surface area contributed by atoms with Crippen molar-refractivity contribution < 1.29 is 18.0 Å². The Morgan fingerprint density at radius 1 is 1.05 bits per heavy atom. The summed E-state index contributed by atoms with van der Waals surface area (Å²) >= 11 is 3.27. The minimum atomic E-state index is -1.31. The van der Waals surface area contributed by atoms with E-state index in [9.17, 15) is 18.0 Å². The predicted octanol–water partition coefficient (Wildman–Crippen LogP) is 4.43. The maximum atomic E-state index is 13.4. The van der Waals surface area contributed by atoms with E-state index in [1.807, 2.05) is 6.92 Å². The van der Waals surface area contributed by atoms with Gasteiger partial charge < -0.3 is 5.32 Å². The van der Waals surface area contributed by atoms with Gasteiger partial charge in [-0.3, -0.25) is 4.79 Å². The highest BCUT2D eigenvalue weighted by Crippen LogP contribution is 2.21. The highest BCUT2D eigenvalue weighted by molar-refractivity contribution is 9.10. The number of carbonyl (C=O) groups excluding carboxylic acids is 1. The van der Waals surface area contributed by atoms with Crippen LogP contribution in [0.25, 0.3) is 0 Å². The normalized spacial score (nSPS) is 10.4. The molecule has 0 heterocycles. The quantitative estimate of drug-likeness (QED) is 0.803. The van der Waals surface area contributed by atoms with Crippen molar-refractivity contribution in [1.82, 2.24) is 0 Å². The van der Waals surface area contributed by atoms with E-state index in [1.165, 1.54) is 0 Å². The van der Waals surface area contributed by atoms with Gasteiger partial charge in [0.2, 0.25) is 0 Å². The molecule has 0 aromatic heterocycles. The lowest BCUT2D eigenvalue weighted by atomic mass is 10.1. The molecule has 0 saturated carbocycles. The molecule has 1 amide bonds. The highest BCUT2D eigenvalue weighted by Gasteiger charge is 2.14. The largest absolute Gasteiger partial charge is 0.319 e. The molecule has 2 aromatic rings. The SMILES string of the molecule is Cc1ccc(C(=O)Nc2cc(F)c(F)cc2F)cc1Br. The molecule has 0 radical (unpaired) electrons. The third-order valence-electron chi connectivity index (χ3n) is 2.69. The van der Waals surface area contributed by atoms with Gasteiger partial charge in [-0.2, -0.15) is 0 Å². The fourth-order valence-corrected chi connectivity index (χ4v) is 1.93. The van der Waals surface area contributed by atoms with E-state index >= 15 is 0 Å². The number of anilines is 1. The fraction of sp³-hybridized carbons (Fsp3) is 0.0714. The van der Waals surface area contributed by atoms with Crippen LogP contribution in [0, 0.1) is 24.4 Å². The summed E-state index contributed by atoms with van der Waals surface area (Å²) in [5.41, 5.74) is 0.790. The lowest BCUT2D eigenvalue weighted by Crippen LogP contribution is -2.13. The van der Waals surface area contributed by atoms with E-state index in [0.717, 1.165) is 10.0 Å². The molecule has 0 unspecified atom stereocenters. The van der Waals surface area contributed by atoms with Gasteiger partial charge in [0.1, 0.15) is 5.82 Å². The smallest absolute Gasteiger partial charge is 0.255 e. The summed E-state index contributed by atoms with van der Waals surface area (Å²) in [5, 5.41) is 2.20. The van der Waals surface area contributed by atoms with Gasteiger partial charge in [0, 0.05) is 22.2 Å². The third-order valence-corrected chi connectivity index (χ3v) is 3.55. The molecule has 0 bridgehead atoms. The number of rotatable bonds is 2. The molecule has 2 nitrogen and oxygen atoms in total. The number of halogens is 4. The summed E-state index contributed by atoms with van der Waals surface area (Å²) < 4.78 is 39.9. The number of hydrogen-bond acceptors (Lipinski definition) is 1. The Kier molecular flexibility index (Phi) is 4.13. The van der Waals surface area contributed by atoms with Crippen LogP contribution >= 0.6 is 15.9 Å². The van der Waals surface area contributed by atoms with Crippen LogP contribution < -0.4 is 5.32 Å². The van der Waals surface area contributed by atoms with Crippen molar-refractivity contribution in [2.24, 2.45) is 0 Å². The minimum absolute atomic E-state index is 0.270. The number of nitrogens with one attached hydrogen (secondary N) is 1. The Morgan fingerprint density at radius 3 is 2.35 bits per heavy atom. The van der Waals surface area contributed by atoms with Crippen molar-refractivity contribution in [2.75, 3.05) is 5.32 Å². The summed E-state index contributed by atoms with van der Waals surface area (Å²) in [7, 11) is 0. The van der Waals surface area contributed by atoms with Crippen LogP contribution in [0.5, 0.6) is 0 Å². The van der Waals surface area contributed by atoms with Crippen molar-refractivity contribution in [3.8, 4) is 0 Å². The average Bonchev–Trinajstić information content (AvgIpc) is 2.39. The van der Waals surface area contributed by atoms with Crippen LogP contribution in [0.3, 0.4) is 0 Å². The Morgan fingerprint density at radius 2 is 1.70 bits per heavy atom. The number of benzene rings is 2. The van der Waals surface area contributed by atoms with Gasteiger partial charge >= 0.3 is 0 Å². The van der Waals surface area contributed by atoms with Crippen LogP contribution in [0.2, 0.25) is 0 Å². The summed E-state index contributed by atoms with van der Waals surface area (Å²) in [4.78, 5) is 11.9. The topological polar surface area (TPSA) is 29.1 Å². The zero-order valence-corrected chi connectivity index (χ0v) is 11.9. The van der Waals surface area contributed by atoms with E-state index in [2.05, 4.69) is 21.2 Å². The molecule has 0 fully saturated rings. The molecule has 0 atom stereocenters. The molecular weight excluding hydrogens is 335 g/mol. The molecule has 1 N–H and O–H groups in total. The summed E-state index contributed by atoms with van der Waals surface area (Å²) in [6, 6.07) is 5.80. The van der Waals surface area contributed by atoms with Gasteiger partial charge in [-0.1, -0.05) is 22.0 Å². The van der Waals surface area contributed by atoms with Crippen LogP contribution in [-0.4, -0.2) is 5.91 Å². The Hall–Kier alpha value is -1.82. The van der Waals surface area contributed by atoms with Gasteiger partial charge in [-0.15, -0.1) is 0 Å². The molecule has 0 spiro atoms. The maximum absolute atomic E-state index is 13.4. The first-order valence-corrected chi connectivity index (χ1v) is 6.40. The van der Waals surface area contributed by atoms with Crippen LogP contribution in [0.1, 0.15) is 15.9 Å². The van der Waals surface area contributed by atoms with Gasteiger partial charge in [-0.25, -0.2) is 13.2 Å². The van der Waals surface area contributed by atoms with Gasteiger partial charge in [0.25, 0.3) is 5.91 Å². The molecule has 0 aliphatic heterocycles. The number of aryl methyl sites for hydroxylation is 1. The van der Waals surface area contributed by atoms with E-state index in [1.54, 1.807) is 18.2 Å². The van der Waals surface area contributed by atoms with Gasteiger partial charge in [-0.05, 0) is 24.6 Å². The van der Waals surface area contributed by atoms with Crippen molar-refractivity contribution in [2.45, 2.75) is 6.92 Å². The zero-order valence-electron chi connectivity index (χ0n) is 10.3. The third kappa shape index (κ3) is 3.01. The minimum Gasteiger partial charge on any atom is -0.319 e. The number of amides is 1. The molecule has 6 heteroatoms. The zero-order chi connectivity index (χ0) is 14.9. The Bertz CT molecular complexity index is 688. The summed E-state index contributed by atoms with van der Waals surface area (Å²) in [6.45, 7) is 1.85. The maximum Gasteiger partial charge on any atom is 0.255 e. The second kappa shape index (κ2) is 5.66. The molecule has 104 valence electrons. The van der Waals surface area contributed by atoms with Crippen molar-refractivity contribution in [3.63, 3.8) is 0 Å². The van der Waals surface area contributed by atoms with Crippen molar-refractivity contribution >= 4 is 27.5 Å². The van der Waals surface area contributed by atoms with Crippen molar-refractivity contribution in [3.05, 3.63) is 63.4 Å². The monoisotopic (exact) mass is 343 g/mol. The number of hydrogen-bond donors (Lipinski definition) is 1. The second-order valence-corrected chi connectivity index (χ2v) is 5.02. The second-order valence-electron chi connectivity index (χ2n) is 4.16. The Labute approximate surface area is 121 Å². The highest BCUT2D eigenvalue weighted by atomic mass is 79.9. The lowest BCUT2D eigenvalue weighted by Gasteiger charge is -2.08. The summed E-state index contributed by atoms with van der Waals surface area (Å²) in [6.07, 6.45) is 0. The van der Waals surface area contributed by atoms with E-state index < -0.39 is 29.0 Å². The van der Waals surface area contributed by atoms with Gasteiger partial charge in [0.15, 0.2) is 11.6 Å². The first-order valence-electron chi connectivity index (χ1n) is 5.60.